The van der Waals surface area contributed by atoms with Gasteiger partial charge in [0.05, 0.1) is 0 Å². The average Bonchev–Trinajstić information content (AvgIpc) is 2.30. The first-order chi connectivity index (χ1) is 8.05. The Balaban J connectivity index is 2.75. The molecule has 4 nitrogen and oxygen atoms in total. The van der Waals surface area contributed by atoms with E-state index < -0.39 is 0 Å². The molecule has 0 amide bonds. The van der Waals surface area contributed by atoms with Gasteiger partial charge < -0.3 is 10.3 Å². The zero-order chi connectivity index (χ0) is 12.9. The van der Waals surface area contributed by atoms with E-state index in [2.05, 4.69) is 35.4 Å². The van der Waals surface area contributed by atoms with E-state index >= 15 is 0 Å². The lowest BCUT2D eigenvalue weighted by Crippen LogP contribution is -2.32. The summed E-state index contributed by atoms with van der Waals surface area (Å²) in [6, 6.07) is 1.50. The van der Waals surface area contributed by atoms with Crippen molar-refractivity contribution >= 4 is 17.6 Å². The Kier molecular flexibility index (Phi) is 5.05. The highest BCUT2D eigenvalue weighted by Crippen LogP contribution is 2.30. The fourth-order valence-corrected chi connectivity index (χ4v) is 2.58. The fourth-order valence-electron chi connectivity index (χ4n) is 1.78. The second kappa shape index (κ2) is 6.10. The van der Waals surface area contributed by atoms with Gasteiger partial charge in [0.15, 0.2) is 0 Å². The Morgan fingerprint density at radius 3 is 2.59 bits per heavy atom. The highest BCUT2D eigenvalue weighted by Gasteiger charge is 2.24. The first kappa shape index (κ1) is 14.1. The van der Waals surface area contributed by atoms with Gasteiger partial charge >= 0.3 is 0 Å². The summed E-state index contributed by atoms with van der Waals surface area (Å²) in [7, 11) is 0. The van der Waals surface area contributed by atoms with Crippen LogP contribution in [0.3, 0.4) is 0 Å². The van der Waals surface area contributed by atoms with Crippen molar-refractivity contribution in [1.29, 1.82) is 0 Å². The largest absolute Gasteiger partial charge is 0.368 e. The molecule has 1 heterocycles. The van der Waals surface area contributed by atoms with Crippen LogP contribution in [0.2, 0.25) is 0 Å². The van der Waals surface area contributed by atoms with Crippen molar-refractivity contribution in [2.45, 2.75) is 38.4 Å². The van der Waals surface area contributed by atoms with Crippen molar-refractivity contribution in [3.63, 3.8) is 0 Å². The third-order valence-electron chi connectivity index (χ3n) is 3.17. The molecule has 0 fully saturated rings. The van der Waals surface area contributed by atoms with Gasteiger partial charge in [0.2, 0.25) is 0 Å². The van der Waals surface area contributed by atoms with Crippen molar-refractivity contribution in [2.75, 3.05) is 18.1 Å². The number of aryl methyl sites for hydroxylation is 1. The summed E-state index contributed by atoms with van der Waals surface area (Å²) in [6.07, 6.45) is 4.32. The summed E-state index contributed by atoms with van der Waals surface area (Å²) in [6.45, 7) is 7.00. The predicted molar refractivity (Wildman–Crippen MR) is 74.9 cm³/mol. The summed E-state index contributed by atoms with van der Waals surface area (Å²) < 4.78 is 0.220. The molecule has 0 spiro atoms. The number of anilines is 1. The maximum Gasteiger partial charge on any atom is 0.252 e. The molecular formula is C12H21N3OS. The number of aromatic nitrogens is 2. The van der Waals surface area contributed by atoms with Crippen LogP contribution in [0.25, 0.3) is 0 Å². The van der Waals surface area contributed by atoms with Crippen molar-refractivity contribution in [3.05, 3.63) is 22.2 Å². The monoisotopic (exact) mass is 255 g/mol. The second-order valence-electron chi connectivity index (χ2n) is 4.16. The first-order valence-electron chi connectivity index (χ1n) is 5.92. The second-order valence-corrected chi connectivity index (χ2v) is 5.44. The minimum absolute atomic E-state index is 0.109. The molecule has 5 heteroatoms. The van der Waals surface area contributed by atoms with Crippen LogP contribution in [0.1, 0.15) is 32.5 Å². The van der Waals surface area contributed by atoms with Gasteiger partial charge in [0.1, 0.15) is 11.6 Å². The summed E-state index contributed by atoms with van der Waals surface area (Å²) in [5.74, 6) is 1.30. The Hall–Kier alpha value is -0.970. The molecule has 0 saturated carbocycles. The molecule has 2 N–H and O–H groups in total. The van der Waals surface area contributed by atoms with Crippen LogP contribution in [0, 0.1) is 6.92 Å². The van der Waals surface area contributed by atoms with Gasteiger partial charge in [-0.1, -0.05) is 13.8 Å². The number of hydrogen-bond donors (Lipinski definition) is 2. The molecule has 1 rings (SSSR count). The first-order valence-corrected chi connectivity index (χ1v) is 7.14. The zero-order valence-corrected chi connectivity index (χ0v) is 11.8. The Bertz CT molecular complexity index is 404. The van der Waals surface area contributed by atoms with Crippen molar-refractivity contribution in [3.8, 4) is 0 Å². The fraction of sp³-hybridized carbons (Fsp3) is 0.667. The van der Waals surface area contributed by atoms with E-state index in [1.54, 1.807) is 6.92 Å². The SMILES string of the molecule is CCC(CC)(CNc1cc(=O)[nH]c(C)n1)SC. The van der Waals surface area contributed by atoms with Crippen LogP contribution >= 0.6 is 11.8 Å². The molecule has 0 bridgehead atoms. The summed E-state index contributed by atoms with van der Waals surface area (Å²) in [5, 5.41) is 3.27. The lowest BCUT2D eigenvalue weighted by molar-refractivity contribution is 0.573. The summed E-state index contributed by atoms with van der Waals surface area (Å²) >= 11 is 1.87. The van der Waals surface area contributed by atoms with Gasteiger partial charge in [0, 0.05) is 17.4 Å². The van der Waals surface area contributed by atoms with Gasteiger partial charge in [-0.05, 0) is 26.0 Å². The number of nitrogens with one attached hydrogen (secondary N) is 2. The smallest absolute Gasteiger partial charge is 0.252 e. The molecule has 0 aliphatic rings. The number of hydrogen-bond acceptors (Lipinski definition) is 4. The van der Waals surface area contributed by atoms with Gasteiger partial charge in [-0.3, -0.25) is 4.79 Å². The summed E-state index contributed by atoms with van der Waals surface area (Å²) in [4.78, 5) is 18.2. The van der Waals surface area contributed by atoms with Gasteiger partial charge in [-0.2, -0.15) is 11.8 Å². The van der Waals surface area contributed by atoms with E-state index in [-0.39, 0.29) is 10.3 Å². The van der Waals surface area contributed by atoms with Crippen LogP contribution in [0.15, 0.2) is 10.9 Å². The van der Waals surface area contributed by atoms with Gasteiger partial charge in [-0.25, -0.2) is 4.98 Å². The molecule has 96 valence electrons. The molecule has 0 atom stereocenters. The van der Waals surface area contributed by atoms with E-state index in [4.69, 9.17) is 0 Å². The molecule has 1 aromatic heterocycles. The number of rotatable bonds is 6. The Labute approximate surface area is 107 Å². The molecule has 0 unspecified atom stereocenters. The number of nitrogens with zero attached hydrogens (tertiary/aromatic N) is 1. The molecule has 0 radical (unpaired) electrons. The van der Waals surface area contributed by atoms with Crippen LogP contribution in [-0.2, 0) is 0 Å². The third kappa shape index (κ3) is 3.77. The molecule has 0 aliphatic carbocycles. The standard InChI is InChI=1S/C12H21N3OS/c1-5-12(6-2,17-4)8-13-10-7-11(16)15-9(3)14-10/h7H,5-6,8H2,1-4H3,(H2,13,14,15,16). The molecule has 1 aromatic rings. The molecule has 17 heavy (non-hydrogen) atoms. The molecule has 0 aromatic carbocycles. The third-order valence-corrected chi connectivity index (χ3v) is 4.76. The molecule has 0 aliphatic heterocycles. The normalized spacial score (nSPS) is 11.5. The van der Waals surface area contributed by atoms with E-state index in [0.717, 1.165) is 19.4 Å². The van der Waals surface area contributed by atoms with Crippen LogP contribution in [-0.4, -0.2) is 27.5 Å². The zero-order valence-electron chi connectivity index (χ0n) is 11.0. The minimum Gasteiger partial charge on any atom is -0.368 e. The predicted octanol–water partition coefficient (Wildman–Crippen LogP) is 2.41. The lowest BCUT2D eigenvalue weighted by Gasteiger charge is -2.30. The minimum atomic E-state index is -0.109. The van der Waals surface area contributed by atoms with E-state index in [1.165, 1.54) is 6.07 Å². The lowest BCUT2D eigenvalue weighted by atomic mass is 10.0. The highest BCUT2D eigenvalue weighted by atomic mass is 32.2. The number of H-pyrrole nitrogens is 1. The van der Waals surface area contributed by atoms with Crippen molar-refractivity contribution < 1.29 is 0 Å². The maximum atomic E-state index is 11.3. The topological polar surface area (TPSA) is 57.8 Å². The van der Waals surface area contributed by atoms with Crippen molar-refractivity contribution in [1.82, 2.24) is 9.97 Å². The number of aromatic amines is 1. The van der Waals surface area contributed by atoms with Crippen LogP contribution in [0.5, 0.6) is 0 Å². The van der Waals surface area contributed by atoms with E-state index in [1.807, 2.05) is 11.8 Å². The van der Waals surface area contributed by atoms with Crippen LogP contribution in [0.4, 0.5) is 5.82 Å². The quantitative estimate of drug-likeness (QED) is 0.819. The Morgan fingerprint density at radius 1 is 1.47 bits per heavy atom. The summed E-state index contributed by atoms with van der Waals surface area (Å²) in [5.41, 5.74) is -0.109. The van der Waals surface area contributed by atoms with E-state index in [9.17, 15) is 4.79 Å². The van der Waals surface area contributed by atoms with Gasteiger partial charge in [-0.15, -0.1) is 0 Å². The van der Waals surface area contributed by atoms with Gasteiger partial charge in [0.25, 0.3) is 5.56 Å². The van der Waals surface area contributed by atoms with Crippen LogP contribution < -0.4 is 10.9 Å². The molecular weight excluding hydrogens is 234 g/mol. The maximum absolute atomic E-state index is 11.3. The highest BCUT2D eigenvalue weighted by molar-refractivity contribution is 8.00. The van der Waals surface area contributed by atoms with E-state index in [0.29, 0.717) is 11.6 Å². The Morgan fingerprint density at radius 2 is 2.12 bits per heavy atom. The van der Waals surface area contributed by atoms with Crippen molar-refractivity contribution in [2.24, 2.45) is 0 Å². The average molecular weight is 255 g/mol. The number of thioether (sulfide) groups is 1. The molecule has 0 saturated heterocycles.